The minimum atomic E-state index is -3.71. The van der Waals surface area contributed by atoms with Gasteiger partial charge in [-0.05, 0) is 24.3 Å². The first kappa shape index (κ1) is 10.4. The molecule has 1 aromatic heterocycles. The molecule has 0 spiro atoms. The summed E-state index contributed by atoms with van der Waals surface area (Å²) in [6.07, 6.45) is 1.23. The van der Waals surface area contributed by atoms with Crippen LogP contribution in [0.5, 0.6) is 0 Å². The lowest BCUT2D eigenvalue weighted by Crippen LogP contribution is -2.12. The largest absolute Gasteiger partial charge is 0.255 e. The number of rotatable bonds is 1. The number of sulfonamides is 1. The van der Waals surface area contributed by atoms with Gasteiger partial charge in [-0.3, -0.25) is 4.98 Å². The Bertz CT molecular complexity index is 625. The third-order valence-corrected chi connectivity index (χ3v) is 3.06. The van der Waals surface area contributed by atoms with E-state index in [1.807, 2.05) is 0 Å². The van der Waals surface area contributed by atoms with Gasteiger partial charge in [0, 0.05) is 16.6 Å². The van der Waals surface area contributed by atoms with Gasteiger partial charge in [0.2, 0.25) is 10.0 Å². The maximum atomic E-state index is 11.1. The maximum Gasteiger partial charge on any atom is 0.239 e. The number of hydrogen-bond acceptors (Lipinski definition) is 3. The number of halogens is 1. The number of fused-ring (bicyclic) bond motifs is 1. The highest BCUT2D eigenvalue weighted by Crippen LogP contribution is 2.19. The second kappa shape index (κ2) is 3.44. The Morgan fingerprint density at radius 1 is 1.27 bits per heavy atom. The number of nitrogens with zero attached hydrogens (tertiary/aromatic N) is 1. The van der Waals surface area contributed by atoms with Crippen LogP contribution < -0.4 is 5.14 Å². The summed E-state index contributed by atoms with van der Waals surface area (Å²) in [5.41, 5.74) is 0.673. The normalized spacial score (nSPS) is 11.9. The van der Waals surface area contributed by atoms with Crippen LogP contribution in [-0.2, 0) is 10.0 Å². The van der Waals surface area contributed by atoms with Gasteiger partial charge in [0.05, 0.1) is 5.52 Å². The van der Waals surface area contributed by atoms with Crippen LogP contribution in [0.3, 0.4) is 0 Å². The quantitative estimate of drug-likeness (QED) is 0.824. The number of primary sulfonamides is 1. The van der Waals surface area contributed by atoms with E-state index in [-0.39, 0.29) is 4.90 Å². The van der Waals surface area contributed by atoms with E-state index in [0.717, 1.165) is 0 Å². The van der Waals surface area contributed by atoms with Crippen molar-refractivity contribution in [2.24, 2.45) is 5.14 Å². The number of nitrogens with two attached hydrogens (primary N) is 1. The van der Waals surface area contributed by atoms with Crippen LogP contribution in [-0.4, -0.2) is 13.4 Å². The molecule has 1 heterocycles. The van der Waals surface area contributed by atoms with Crippen molar-refractivity contribution in [3.63, 3.8) is 0 Å². The Kier molecular flexibility index (Phi) is 2.38. The molecule has 1 aromatic carbocycles. The van der Waals surface area contributed by atoms with Crippen molar-refractivity contribution < 1.29 is 8.42 Å². The standard InChI is InChI=1S/C9H7ClN2O2S/c10-7-1-2-9-6(3-7)4-8(5-12-9)15(11,13)14/h1-5H,(H2,11,13,14). The molecule has 4 nitrogen and oxygen atoms in total. The summed E-state index contributed by atoms with van der Waals surface area (Å²) in [7, 11) is -3.71. The first-order valence-electron chi connectivity index (χ1n) is 4.05. The summed E-state index contributed by atoms with van der Waals surface area (Å²) in [6.45, 7) is 0. The molecule has 0 saturated heterocycles. The Balaban J connectivity index is 2.75. The third kappa shape index (κ3) is 2.09. The average Bonchev–Trinajstić information content (AvgIpc) is 2.15. The van der Waals surface area contributed by atoms with Gasteiger partial charge < -0.3 is 0 Å². The van der Waals surface area contributed by atoms with Crippen molar-refractivity contribution in [2.45, 2.75) is 4.90 Å². The molecule has 2 aromatic rings. The van der Waals surface area contributed by atoms with Crippen molar-refractivity contribution in [3.05, 3.63) is 35.5 Å². The molecule has 0 unspecified atom stereocenters. The van der Waals surface area contributed by atoms with Crippen molar-refractivity contribution >= 4 is 32.5 Å². The summed E-state index contributed by atoms with van der Waals surface area (Å²) in [5, 5.41) is 6.16. The summed E-state index contributed by atoms with van der Waals surface area (Å²) in [4.78, 5) is 3.95. The molecule has 0 aliphatic rings. The second-order valence-electron chi connectivity index (χ2n) is 3.05. The monoisotopic (exact) mass is 242 g/mol. The van der Waals surface area contributed by atoms with E-state index in [0.29, 0.717) is 15.9 Å². The van der Waals surface area contributed by atoms with E-state index in [9.17, 15) is 8.42 Å². The van der Waals surface area contributed by atoms with E-state index in [1.165, 1.54) is 12.3 Å². The van der Waals surface area contributed by atoms with Crippen molar-refractivity contribution in [3.8, 4) is 0 Å². The number of aromatic nitrogens is 1. The van der Waals surface area contributed by atoms with Gasteiger partial charge in [0.1, 0.15) is 4.90 Å². The zero-order valence-electron chi connectivity index (χ0n) is 7.51. The van der Waals surface area contributed by atoms with Crippen molar-refractivity contribution in [1.29, 1.82) is 0 Å². The maximum absolute atomic E-state index is 11.1. The molecule has 0 amide bonds. The van der Waals surface area contributed by atoms with E-state index in [2.05, 4.69) is 4.98 Å². The minimum absolute atomic E-state index is 0.0164. The Hall–Kier alpha value is -1.17. The molecule has 0 fully saturated rings. The summed E-state index contributed by atoms with van der Waals surface area (Å²) in [6, 6.07) is 6.49. The fourth-order valence-electron chi connectivity index (χ4n) is 1.24. The SMILES string of the molecule is NS(=O)(=O)c1cnc2ccc(Cl)cc2c1. The highest BCUT2D eigenvalue weighted by Gasteiger charge is 2.08. The summed E-state index contributed by atoms with van der Waals surface area (Å²) < 4.78 is 22.1. The van der Waals surface area contributed by atoms with Crippen LogP contribution in [0.2, 0.25) is 5.02 Å². The fraction of sp³-hybridized carbons (Fsp3) is 0. The molecular weight excluding hydrogens is 236 g/mol. The molecule has 0 aliphatic carbocycles. The van der Waals surface area contributed by atoms with Crippen LogP contribution in [0.4, 0.5) is 0 Å². The van der Waals surface area contributed by atoms with Gasteiger partial charge in [-0.15, -0.1) is 0 Å². The lowest BCUT2D eigenvalue weighted by molar-refractivity contribution is 0.597. The van der Waals surface area contributed by atoms with Gasteiger partial charge in [-0.1, -0.05) is 11.6 Å². The zero-order valence-corrected chi connectivity index (χ0v) is 9.09. The van der Waals surface area contributed by atoms with Gasteiger partial charge in [0.25, 0.3) is 0 Å². The van der Waals surface area contributed by atoms with Gasteiger partial charge in [-0.25, -0.2) is 13.6 Å². The van der Waals surface area contributed by atoms with Crippen LogP contribution in [0.15, 0.2) is 35.4 Å². The van der Waals surface area contributed by atoms with Gasteiger partial charge >= 0.3 is 0 Å². The molecule has 2 rings (SSSR count). The van der Waals surface area contributed by atoms with Gasteiger partial charge in [0.15, 0.2) is 0 Å². The highest BCUT2D eigenvalue weighted by atomic mass is 35.5. The number of benzene rings is 1. The third-order valence-electron chi connectivity index (χ3n) is 1.95. The molecule has 0 bridgehead atoms. The predicted octanol–water partition coefficient (Wildman–Crippen LogP) is 1.54. The zero-order chi connectivity index (χ0) is 11.1. The molecule has 0 aliphatic heterocycles. The van der Waals surface area contributed by atoms with E-state index < -0.39 is 10.0 Å². The predicted molar refractivity (Wildman–Crippen MR) is 58.1 cm³/mol. The van der Waals surface area contributed by atoms with Gasteiger partial charge in [-0.2, -0.15) is 0 Å². The van der Waals surface area contributed by atoms with E-state index >= 15 is 0 Å². The minimum Gasteiger partial charge on any atom is -0.255 e. The lowest BCUT2D eigenvalue weighted by atomic mass is 10.2. The molecule has 0 atom stereocenters. The molecule has 78 valence electrons. The number of pyridine rings is 1. The van der Waals surface area contributed by atoms with E-state index in [1.54, 1.807) is 18.2 Å². The van der Waals surface area contributed by atoms with Crippen LogP contribution >= 0.6 is 11.6 Å². The Morgan fingerprint density at radius 2 is 2.00 bits per heavy atom. The fourth-order valence-corrected chi connectivity index (χ4v) is 1.91. The smallest absolute Gasteiger partial charge is 0.239 e. The average molecular weight is 243 g/mol. The molecule has 0 saturated carbocycles. The van der Waals surface area contributed by atoms with Crippen LogP contribution in [0.1, 0.15) is 0 Å². The molecule has 15 heavy (non-hydrogen) atoms. The lowest BCUT2D eigenvalue weighted by Gasteiger charge is -2.00. The Morgan fingerprint density at radius 3 is 2.67 bits per heavy atom. The molecule has 2 N–H and O–H groups in total. The summed E-state index contributed by atoms with van der Waals surface area (Å²) >= 11 is 5.78. The summed E-state index contributed by atoms with van der Waals surface area (Å²) in [5.74, 6) is 0. The van der Waals surface area contributed by atoms with Crippen molar-refractivity contribution in [1.82, 2.24) is 4.98 Å². The number of hydrogen-bond donors (Lipinski definition) is 1. The first-order valence-corrected chi connectivity index (χ1v) is 5.97. The van der Waals surface area contributed by atoms with Crippen LogP contribution in [0.25, 0.3) is 10.9 Å². The highest BCUT2D eigenvalue weighted by molar-refractivity contribution is 7.89. The molecule has 6 heteroatoms. The van der Waals surface area contributed by atoms with E-state index in [4.69, 9.17) is 16.7 Å². The second-order valence-corrected chi connectivity index (χ2v) is 5.05. The molecular formula is C9H7ClN2O2S. The first-order chi connectivity index (χ1) is 6.97. The van der Waals surface area contributed by atoms with Crippen LogP contribution in [0, 0.1) is 0 Å². The van der Waals surface area contributed by atoms with Crippen molar-refractivity contribution in [2.75, 3.05) is 0 Å². The topological polar surface area (TPSA) is 73.1 Å². The molecule has 0 radical (unpaired) electrons. The Labute approximate surface area is 91.7 Å².